The van der Waals surface area contributed by atoms with Crippen LogP contribution < -0.4 is 10.2 Å². The normalized spacial score (nSPS) is 15.0. The number of aliphatic hydroxyl groups is 1. The van der Waals surface area contributed by atoms with Gasteiger partial charge in [-0.15, -0.1) is 0 Å². The number of likely N-dealkylation sites (N-methyl/N-ethyl adjacent to an activating group) is 1. The van der Waals surface area contributed by atoms with Crippen LogP contribution in [0.15, 0.2) is 170 Å². The third-order valence-electron chi connectivity index (χ3n) is 12.4. The Kier molecular flexibility index (Phi) is 54.5. The topological polar surface area (TPSA) is 108 Å². The Labute approximate surface area is 479 Å². The zero-order valence-electron chi connectivity index (χ0n) is 50.0. The number of nitrogens with one attached hydrogen (secondary N) is 1. The second-order valence-electron chi connectivity index (χ2n) is 20.9. The third kappa shape index (κ3) is 59.5. The highest BCUT2D eigenvalue weighted by Gasteiger charge is 2.23. The average Bonchev–Trinajstić information content (AvgIpc) is 3.41. The molecule has 9 heteroatoms. The first-order valence-electron chi connectivity index (χ1n) is 30.5. The number of quaternary nitrogens is 1. The Morgan fingerprint density at radius 2 is 0.795 bits per heavy atom. The second kappa shape index (κ2) is 57.5. The van der Waals surface area contributed by atoms with E-state index in [0.717, 1.165) is 109 Å². The zero-order valence-corrected chi connectivity index (χ0v) is 50.9. The molecule has 0 aromatic rings. The maximum absolute atomic E-state index is 13.0. The molecule has 3 unspecified atom stereocenters. The van der Waals surface area contributed by atoms with Crippen molar-refractivity contribution in [2.24, 2.45) is 0 Å². The molecular weight excluding hydrogens is 984 g/mol. The van der Waals surface area contributed by atoms with Gasteiger partial charge >= 0.3 is 0 Å². The van der Waals surface area contributed by atoms with Crippen molar-refractivity contribution in [3.63, 3.8) is 0 Å². The molecule has 0 rings (SSSR count). The van der Waals surface area contributed by atoms with E-state index in [-0.39, 0.29) is 18.9 Å². The summed E-state index contributed by atoms with van der Waals surface area (Å²) < 4.78 is 23.3. The summed E-state index contributed by atoms with van der Waals surface area (Å²) in [7, 11) is 1.18. The van der Waals surface area contributed by atoms with Crippen LogP contribution in [0.25, 0.3) is 0 Å². The van der Waals surface area contributed by atoms with E-state index in [0.29, 0.717) is 23.9 Å². The van der Waals surface area contributed by atoms with Crippen molar-refractivity contribution in [3.05, 3.63) is 170 Å². The van der Waals surface area contributed by atoms with Crippen LogP contribution in [0.2, 0.25) is 0 Å². The van der Waals surface area contributed by atoms with Crippen molar-refractivity contribution in [2.75, 3.05) is 40.9 Å². The second-order valence-corrected chi connectivity index (χ2v) is 22.4. The number of phosphoric acid groups is 1. The lowest BCUT2D eigenvalue weighted by molar-refractivity contribution is -0.870. The van der Waals surface area contributed by atoms with Gasteiger partial charge in [0.2, 0.25) is 5.91 Å². The van der Waals surface area contributed by atoms with Crippen LogP contribution in [0.3, 0.4) is 0 Å². The molecule has 0 aromatic heterocycles. The maximum atomic E-state index is 13.0. The number of carbonyl (C=O) groups excluding carboxylic acids is 1. The number of allylic oxidation sites excluding steroid dienone is 27. The van der Waals surface area contributed by atoms with Crippen LogP contribution in [0.5, 0.6) is 0 Å². The molecule has 0 aliphatic rings. The molecule has 78 heavy (non-hydrogen) atoms. The highest BCUT2D eigenvalue weighted by atomic mass is 31.2. The van der Waals surface area contributed by atoms with Gasteiger partial charge in [-0.1, -0.05) is 242 Å². The predicted octanol–water partition coefficient (Wildman–Crippen LogP) is 18.6. The van der Waals surface area contributed by atoms with Gasteiger partial charge in [0.1, 0.15) is 13.2 Å². The van der Waals surface area contributed by atoms with Crippen LogP contribution in [0.1, 0.15) is 206 Å². The maximum Gasteiger partial charge on any atom is 0.268 e. The molecule has 440 valence electrons. The minimum absolute atomic E-state index is 0.0256. The van der Waals surface area contributed by atoms with Crippen molar-refractivity contribution in [2.45, 2.75) is 219 Å². The summed E-state index contributed by atoms with van der Waals surface area (Å²) >= 11 is 0. The molecule has 0 aliphatic heterocycles. The molecule has 0 saturated heterocycles. The van der Waals surface area contributed by atoms with E-state index in [9.17, 15) is 19.4 Å². The highest BCUT2D eigenvalue weighted by Crippen LogP contribution is 2.38. The van der Waals surface area contributed by atoms with Gasteiger partial charge < -0.3 is 28.8 Å². The van der Waals surface area contributed by atoms with Gasteiger partial charge in [-0.2, -0.15) is 0 Å². The minimum Gasteiger partial charge on any atom is -0.756 e. The van der Waals surface area contributed by atoms with Crippen molar-refractivity contribution in [1.82, 2.24) is 5.32 Å². The molecule has 0 spiro atoms. The Bertz CT molecular complexity index is 1870. The molecule has 3 atom stereocenters. The highest BCUT2D eigenvalue weighted by molar-refractivity contribution is 7.45. The lowest BCUT2D eigenvalue weighted by atomic mass is 10.1. The third-order valence-corrected chi connectivity index (χ3v) is 13.4. The van der Waals surface area contributed by atoms with Crippen LogP contribution in [0, 0.1) is 0 Å². The first kappa shape index (κ1) is 73.9. The molecule has 2 N–H and O–H groups in total. The number of amides is 1. The molecule has 0 bridgehead atoms. The first-order chi connectivity index (χ1) is 38.0. The fourth-order valence-electron chi connectivity index (χ4n) is 7.66. The monoisotopic (exact) mass is 1100 g/mol. The number of carbonyl (C=O) groups is 1. The Balaban J connectivity index is 4.34. The summed E-state index contributed by atoms with van der Waals surface area (Å²) in [4.78, 5) is 25.5. The largest absolute Gasteiger partial charge is 0.756 e. The molecular formula is C69H113N2O6P. The standard InChI is InChI=1S/C69H113N2O6P/c1-6-8-10-12-14-16-18-20-22-24-26-27-28-29-30-31-32-33-34-35-36-37-38-39-40-41-42-43-45-47-49-51-53-55-57-59-61-63-69(73)70-67(66-77-78(74,75)76-65-64-71(3,4)5)68(72)62-60-58-56-54-52-50-48-46-44-25-23-21-19-17-15-13-11-9-7-2/h8,10,14,16,20,22,26-27,29-30,32-33,35-36,38-39,41-42,44-47,51-54,60,62,67-68,72H,6-7,9,11-13,15,17-19,21,23-25,28,31,34,37,40,43,48-50,55-59,61,63-66H2,1-5H3,(H-,70,73,74,75)/b10-8-,16-14-,22-20-,27-26-,30-29-,33-32-,36-35-,39-38-,42-41-,46-44+,47-45-,53-51-,54-52+,62-60+. The summed E-state index contributed by atoms with van der Waals surface area (Å²) in [5, 5.41) is 13.8. The lowest BCUT2D eigenvalue weighted by Gasteiger charge is -2.29. The summed E-state index contributed by atoms with van der Waals surface area (Å²) in [6, 6.07) is -0.942. The Hall–Kier alpha value is -4.14. The van der Waals surface area contributed by atoms with Crippen LogP contribution >= 0.6 is 7.82 Å². The van der Waals surface area contributed by atoms with Gasteiger partial charge in [0.05, 0.1) is 39.9 Å². The van der Waals surface area contributed by atoms with Gasteiger partial charge in [-0.25, -0.2) is 0 Å². The number of hydrogen-bond acceptors (Lipinski definition) is 6. The van der Waals surface area contributed by atoms with Crippen molar-refractivity contribution in [3.8, 4) is 0 Å². The first-order valence-corrected chi connectivity index (χ1v) is 32.0. The number of hydrogen-bond donors (Lipinski definition) is 2. The van der Waals surface area contributed by atoms with Gasteiger partial charge in [-0.3, -0.25) is 9.36 Å². The fourth-order valence-corrected chi connectivity index (χ4v) is 8.38. The SMILES string of the molecule is CC/C=C\C/C=C\C/C=C\C/C=C\C/C=C\C/C=C\C/C=C\C/C=C\C/C=C\C/C=C\C/C=C\CCCCCC(=O)NC(COP(=O)([O-])OCC[N+](C)(C)C)C(O)/C=C/CC/C=C/CC/C=C/CCCCCCCCCCC. The van der Waals surface area contributed by atoms with Crippen molar-refractivity contribution >= 4 is 13.7 Å². The number of nitrogens with zero attached hydrogens (tertiary/aromatic N) is 1. The van der Waals surface area contributed by atoms with E-state index in [2.05, 4.69) is 177 Å². The molecule has 0 saturated carbocycles. The Morgan fingerprint density at radius 3 is 1.19 bits per heavy atom. The van der Waals surface area contributed by atoms with Gasteiger partial charge in [-0.05, 0) is 128 Å². The quantitative estimate of drug-likeness (QED) is 0.0272. The summed E-state index contributed by atoms with van der Waals surface area (Å²) in [5.74, 6) is -0.251. The number of rotatable bonds is 53. The summed E-state index contributed by atoms with van der Waals surface area (Å²) in [5.41, 5.74) is 0. The van der Waals surface area contributed by atoms with Gasteiger partial charge in [0.25, 0.3) is 7.82 Å². The van der Waals surface area contributed by atoms with E-state index in [4.69, 9.17) is 9.05 Å². The van der Waals surface area contributed by atoms with E-state index in [1.807, 2.05) is 27.2 Å². The molecule has 0 aromatic carbocycles. The van der Waals surface area contributed by atoms with E-state index in [1.54, 1.807) is 6.08 Å². The van der Waals surface area contributed by atoms with Crippen LogP contribution in [-0.4, -0.2) is 68.5 Å². The molecule has 8 nitrogen and oxygen atoms in total. The van der Waals surface area contributed by atoms with E-state index in [1.165, 1.54) is 64.2 Å². The van der Waals surface area contributed by atoms with Gasteiger partial charge in [0, 0.05) is 6.42 Å². The molecule has 1 amide bonds. The van der Waals surface area contributed by atoms with Crippen LogP contribution in [-0.2, 0) is 18.4 Å². The number of aliphatic hydroxyl groups excluding tert-OH is 1. The smallest absolute Gasteiger partial charge is 0.268 e. The van der Waals surface area contributed by atoms with E-state index < -0.39 is 26.6 Å². The van der Waals surface area contributed by atoms with Crippen molar-refractivity contribution in [1.29, 1.82) is 0 Å². The number of unbranched alkanes of at least 4 members (excludes halogenated alkanes) is 14. The van der Waals surface area contributed by atoms with Crippen molar-refractivity contribution < 1.29 is 32.9 Å². The zero-order chi connectivity index (χ0) is 57.0. The molecule has 0 radical (unpaired) electrons. The predicted molar refractivity (Wildman–Crippen MR) is 338 cm³/mol. The molecule has 0 heterocycles. The molecule has 0 fully saturated rings. The Morgan fingerprint density at radius 1 is 0.462 bits per heavy atom. The fraction of sp³-hybridized carbons (Fsp3) is 0.580. The summed E-state index contributed by atoms with van der Waals surface area (Å²) in [6.45, 7) is 4.45. The van der Waals surface area contributed by atoms with Crippen LogP contribution in [0.4, 0.5) is 0 Å². The molecule has 0 aliphatic carbocycles. The van der Waals surface area contributed by atoms with Gasteiger partial charge in [0.15, 0.2) is 0 Å². The lowest BCUT2D eigenvalue weighted by Crippen LogP contribution is -2.45. The number of phosphoric ester groups is 1. The summed E-state index contributed by atoms with van der Waals surface area (Å²) in [6.07, 6.45) is 91.6. The minimum atomic E-state index is -4.63. The van der Waals surface area contributed by atoms with E-state index >= 15 is 0 Å². The average molecular weight is 1100 g/mol.